The third-order valence-electron chi connectivity index (χ3n) is 6.99. The van der Waals surface area contributed by atoms with Crippen LogP contribution in [0.2, 0.25) is 0 Å². The molecule has 3 atom stereocenters. The average Bonchev–Trinajstić information content (AvgIpc) is 3.33. The molecule has 3 unspecified atom stereocenters. The summed E-state index contributed by atoms with van der Waals surface area (Å²) in [5.41, 5.74) is -0.349. The van der Waals surface area contributed by atoms with Crippen LogP contribution in [0.5, 0.6) is 0 Å². The number of allylic oxidation sites excluding steroid dienone is 2. The van der Waals surface area contributed by atoms with Gasteiger partial charge in [-0.15, -0.1) is 0 Å². The third kappa shape index (κ3) is 7.07. The molecule has 9 heteroatoms. The highest BCUT2D eigenvalue weighted by Crippen LogP contribution is 2.43. The summed E-state index contributed by atoms with van der Waals surface area (Å²) in [6.45, 7) is 8.51. The van der Waals surface area contributed by atoms with Gasteiger partial charge in [0.2, 0.25) is 9.04 Å². The minimum absolute atomic E-state index is 0.129. The standard InChI is InChI=1S/C31H35BrN2O5Si/c1-5-38-27(35)17-16-21-18-22(34-20-26(32)29(36)33-30(34)37)19-25(21)28(31(2,3)4)39-40(23-12-8-6-9-13-23)24-14-10-7-11-15-24/h6-18,20,22,25,28,40H,5,19H2,1-4H3,(H,33,36,37). The van der Waals surface area contributed by atoms with E-state index in [4.69, 9.17) is 9.16 Å². The molecule has 0 radical (unpaired) electrons. The van der Waals surface area contributed by atoms with Gasteiger partial charge < -0.3 is 9.16 Å². The molecule has 0 saturated carbocycles. The van der Waals surface area contributed by atoms with E-state index in [2.05, 4.69) is 66.0 Å². The van der Waals surface area contributed by atoms with Crippen LogP contribution in [-0.2, 0) is 14.0 Å². The molecule has 0 aliphatic heterocycles. The second-order valence-electron chi connectivity index (χ2n) is 10.9. The lowest BCUT2D eigenvalue weighted by Crippen LogP contribution is -2.51. The molecular formula is C31H35BrN2O5Si. The van der Waals surface area contributed by atoms with Gasteiger partial charge in [-0.05, 0) is 50.6 Å². The minimum Gasteiger partial charge on any atom is -0.463 e. The van der Waals surface area contributed by atoms with Gasteiger partial charge in [-0.25, -0.2) is 9.59 Å². The SMILES string of the molecule is CCOC(=O)C=CC1=CC(n2cc(Br)c(=O)[nH]c2=O)CC1C(O[SiH](c1ccccc1)c1ccccc1)C(C)(C)C. The Morgan fingerprint density at radius 3 is 2.25 bits per heavy atom. The van der Waals surface area contributed by atoms with Gasteiger partial charge in [0.25, 0.3) is 5.56 Å². The summed E-state index contributed by atoms with van der Waals surface area (Å²) in [6.07, 6.45) is 7.03. The van der Waals surface area contributed by atoms with Gasteiger partial charge in [0, 0.05) is 18.2 Å². The van der Waals surface area contributed by atoms with E-state index in [0.717, 1.165) is 5.57 Å². The van der Waals surface area contributed by atoms with Crippen LogP contribution in [-0.4, -0.2) is 37.3 Å². The van der Waals surface area contributed by atoms with Gasteiger partial charge in [0.1, 0.15) is 0 Å². The van der Waals surface area contributed by atoms with Crippen LogP contribution >= 0.6 is 15.9 Å². The van der Waals surface area contributed by atoms with Crippen molar-refractivity contribution in [1.29, 1.82) is 0 Å². The van der Waals surface area contributed by atoms with Crippen molar-refractivity contribution in [2.75, 3.05) is 6.61 Å². The first-order valence-corrected chi connectivity index (χ1v) is 15.8. The van der Waals surface area contributed by atoms with Crippen molar-refractivity contribution in [1.82, 2.24) is 9.55 Å². The van der Waals surface area contributed by atoms with E-state index >= 15 is 0 Å². The lowest BCUT2D eigenvalue weighted by Gasteiger charge is -2.39. The number of aromatic amines is 1. The summed E-state index contributed by atoms with van der Waals surface area (Å²) in [6, 6.07) is 20.3. The van der Waals surface area contributed by atoms with Crippen LogP contribution in [0.1, 0.15) is 40.2 Å². The Labute approximate surface area is 244 Å². The monoisotopic (exact) mass is 622 g/mol. The van der Waals surface area contributed by atoms with Crippen LogP contribution in [0.25, 0.3) is 0 Å². The van der Waals surface area contributed by atoms with Gasteiger partial charge in [-0.1, -0.05) is 93.6 Å². The molecule has 210 valence electrons. The maximum atomic E-state index is 12.8. The number of hydrogen-bond acceptors (Lipinski definition) is 5. The second-order valence-corrected chi connectivity index (χ2v) is 14.1. The van der Waals surface area contributed by atoms with Crippen LogP contribution < -0.4 is 21.6 Å². The topological polar surface area (TPSA) is 90.4 Å². The number of halogens is 1. The molecule has 0 fully saturated rings. The van der Waals surface area contributed by atoms with Gasteiger partial charge in [0.05, 0.1) is 23.2 Å². The minimum atomic E-state index is -2.13. The highest BCUT2D eigenvalue weighted by Gasteiger charge is 2.41. The molecule has 1 aliphatic rings. The zero-order chi connectivity index (χ0) is 28.9. The number of H-pyrrole nitrogens is 1. The van der Waals surface area contributed by atoms with Crippen molar-refractivity contribution in [3.05, 3.63) is 116 Å². The first-order valence-electron chi connectivity index (χ1n) is 13.4. The van der Waals surface area contributed by atoms with Crippen molar-refractivity contribution in [3.8, 4) is 0 Å². The molecule has 0 amide bonds. The predicted molar refractivity (Wildman–Crippen MR) is 164 cm³/mol. The second kappa shape index (κ2) is 12.9. The molecule has 1 heterocycles. The highest BCUT2D eigenvalue weighted by molar-refractivity contribution is 9.10. The molecule has 7 nitrogen and oxygen atoms in total. The van der Waals surface area contributed by atoms with Crippen LogP contribution in [0.15, 0.2) is 105 Å². The fourth-order valence-corrected chi connectivity index (χ4v) is 8.25. The van der Waals surface area contributed by atoms with Crippen molar-refractivity contribution in [2.45, 2.75) is 46.3 Å². The lowest BCUT2D eigenvalue weighted by atomic mass is 9.78. The molecule has 40 heavy (non-hydrogen) atoms. The van der Waals surface area contributed by atoms with Crippen molar-refractivity contribution in [3.63, 3.8) is 0 Å². The molecule has 1 aliphatic carbocycles. The number of aromatic nitrogens is 2. The molecule has 2 aromatic carbocycles. The van der Waals surface area contributed by atoms with Gasteiger partial charge in [-0.3, -0.25) is 14.3 Å². The molecule has 4 rings (SSSR count). The zero-order valence-corrected chi connectivity index (χ0v) is 25.9. The zero-order valence-electron chi connectivity index (χ0n) is 23.2. The fraction of sp³-hybridized carbons (Fsp3) is 0.323. The summed E-state index contributed by atoms with van der Waals surface area (Å²) in [4.78, 5) is 39.4. The molecule has 1 aromatic heterocycles. The van der Waals surface area contributed by atoms with E-state index < -0.39 is 26.3 Å². The van der Waals surface area contributed by atoms with Crippen LogP contribution in [0.3, 0.4) is 0 Å². The van der Waals surface area contributed by atoms with E-state index in [9.17, 15) is 14.4 Å². The molecule has 1 N–H and O–H groups in total. The Hall–Kier alpha value is -3.27. The molecular weight excluding hydrogens is 588 g/mol. The molecule has 0 spiro atoms. The molecule has 3 aromatic rings. The number of esters is 1. The Kier molecular flexibility index (Phi) is 9.60. The Morgan fingerprint density at radius 1 is 1.10 bits per heavy atom. The van der Waals surface area contributed by atoms with Crippen molar-refractivity contribution >= 4 is 41.3 Å². The van der Waals surface area contributed by atoms with Crippen molar-refractivity contribution < 1.29 is 14.0 Å². The number of nitrogens with one attached hydrogen (secondary N) is 1. The van der Waals surface area contributed by atoms with E-state index in [1.807, 2.05) is 42.5 Å². The highest BCUT2D eigenvalue weighted by atomic mass is 79.9. The van der Waals surface area contributed by atoms with E-state index in [0.29, 0.717) is 6.42 Å². The summed E-state index contributed by atoms with van der Waals surface area (Å²) in [7, 11) is -2.13. The summed E-state index contributed by atoms with van der Waals surface area (Å²) >= 11 is 3.25. The third-order valence-corrected chi connectivity index (χ3v) is 10.1. The maximum Gasteiger partial charge on any atom is 0.330 e. The van der Waals surface area contributed by atoms with Gasteiger partial charge in [0.15, 0.2) is 0 Å². The van der Waals surface area contributed by atoms with Crippen molar-refractivity contribution in [2.24, 2.45) is 11.3 Å². The number of benzene rings is 2. The smallest absolute Gasteiger partial charge is 0.330 e. The quantitative estimate of drug-likeness (QED) is 0.222. The van der Waals surface area contributed by atoms with Crippen LogP contribution in [0.4, 0.5) is 0 Å². The predicted octanol–water partition coefficient (Wildman–Crippen LogP) is 3.88. The summed E-state index contributed by atoms with van der Waals surface area (Å²) < 4.78 is 14.1. The Balaban J connectivity index is 1.78. The molecule has 0 saturated heterocycles. The average molecular weight is 624 g/mol. The number of carbonyl (C=O) groups is 1. The normalized spacial score (nSPS) is 18.2. The maximum absolute atomic E-state index is 12.8. The number of ether oxygens (including phenoxy) is 1. The molecule has 0 bridgehead atoms. The Bertz CT molecular complexity index is 1450. The largest absolute Gasteiger partial charge is 0.463 e. The first kappa shape index (κ1) is 29.7. The summed E-state index contributed by atoms with van der Waals surface area (Å²) in [5, 5.41) is 2.34. The van der Waals surface area contributed by atoms with Crippen LogP contribution in [0, 0.1) is 11.3 Å². The number of rotatable bonds is 9. The van der Waals surface area contributed by atoms with Gasteiger partial charge in [-0.2, -0.15) is 0 Å². The fourth-order valence-electron chi connectivity index (χ4n) is 5.20. The summed E-state index contributed by atoms with van der Waals surface area (Å²) in [5.74, 6) is -0.556. The Morgan fingerprint density at radius 2 is 1.70 bits per heavy atom. The van der Waals surface area contributed by atoms with E-state index in [-0.39, 0.29) is 34.6 Å². The lowest BCUT2D eigenvalue weighted by molar-refractivity contribution is -0.137. The number of nitrogens with zero attached hydrogens (tertiary/aromatic N) is 1. The van der Waals surface area contributed by atoms with Gasteiger partial charge >= 0.3 is 11.7 Å². The first-order chi connectivity index (χ1) is 19.1. The number of hydrogen-bond donors (Lipinski definition) is 1. The van der Waals surface area contributed by atoms with E-state index in [1.165, 1.54) is 27.2 Å². The van der Waals surface area contributed by atoms with E-state index in [1.54, 1.807) is 13.0 Å². The number of carbonyl (C=O) groups excluding carboxylic acids is 1.